The van der Waals surface area contributed by atoms with E-state index in [9.17, 15) is 0 Å². The molecule has 0 aliphatic heterocycles. The molecule has 1 aliphatic carbocycles. The maximum atomic E-state index is 5.75. The molecule has 1 aromatic carbocycles. The van der Waals surface area contributed by atoms with Gasteiger partial charge in [-0.1, -0.05) is 6.92 Å². The van der Waals surface area contributed by atoms with Crippen molar-refractivity contribution < 1.29 is 0 Å². The number of rotatable bonds is 2. The van der Waals surface area contributed by atoms with Crippen LogP contribution >= 0.6 is 0 Å². The van der Waals surface area contributed by atoms with Crippen molar-refractivity contribution >= 4 is 22.3 Å². The molecule has 2 aromatic rings. The minimum absolute atomic E-state index is 0.628. The van der Waals surface area contributed by atoms with Gasteiger partial charge in [0.1, 0.15) is 0 Å². The number of hydrogen-bond acceptors (Lipinski definition) is 3. The molecule has 1 aromatic heterocycles. The zero-order valence-electron chi connectivity index (χ0n) is 9.27. The molecule has 1 heterocycles. The lowest BCUT2D eigenvalue weighted by Gasteiger charge is -2.08. The van der Waals surface area contributed by atoms with Crippen LogP contribution in [0.15, 0.2) is 30.5 Å². The number of hydrogen-bond donors (Lipinski definition) is 2. The van der Waals surface area contributed by atoms with Crippen molar-refractivity contribution in [1.29, 1.82) is 0 Å². The van der Waals surface area contributed by atoms with E-state index in [1.54, 1.807) is 0 Å². The van der Waals surface area contributed by atoms with Gasteiger partial charge in [0.05, 0.1) is 5.52 Å². The van der Waals surface area contributed by atoms with Crippen molar-refractivity contribution in [2.24, 2.45) is 5.92 Å². The SMILES string of the molecule is CC1CC1Nc1ccnc2cc(N)ccc12. The molecule has 16 heavy (non-hydrogen) atoms. The van der Waals surface area contributed by atoms with E-state index in [1.807, 2.05) is 30.5 Å². The van der Waals surface area contributed by atoms with E-state index in [4.69, 9.17) is 5.73 Å². The number of nitrogens with one attached hydrogen (secondary N) is 1. The fourth-order valence-corrected chi connectivity index (χ4v) is 2.01. The number of nitrogens with two attached hydrogens (primary N) is 1. The summed E-state index contributed by atoms with van der Waals surface area (Å²) in [6.07, 6.45) is 3.09. The molecule has 1 fully saturated rings. The first-order chi connectivity index (χ1) is 7.74. The maximum absolute atomic E-state index is 5.75. The molecule has 1 saturated carbocycles. The Morgan fingerprint density at radius 1 is 1.38 bits per heavy atom. The Hall–Kier alpha value is -1.77. The number of nitrogen functional groups attached to an aromatic ring is 1. The van der Waals surface area contributed by atoms with Crippen molar-refractivity contribution in [3.05, 3.63) is 30.5 Å². The van der Waals surface area contributed by atoms with Crippen molar-refractivity contribution in [1.82, 2.24) is 4.98 Å². The molecule has 0 saturated heterocycles. The van der Waals surface area contributed by atoms with Crippen LogP contribution in [-0.4, -0.2) is 11.0 Å². The van der Waals surface area contributed by atoms with Gasteiger partial charge in [-0.15, -0.1) is 0 Å². The largest absolute Gasteiger partial charge is 0.399 e. The molecule has 82 valence electrons. The zero-order valence-corrected chi connectivity index (χ0v) is 9.27. The topological polar surface area (TPSA) is 50.9 Å². The van der Waals surface area contributed by atoms with Crippen LogP contribution in [0.1, 0.15) is 13.3 Å². The van der Waals surface area contributed by atoms with Crippen molar-refractivity contribution in [3.8, 4) is 0 Å². The molecule has 2 unspecified atom stereocenters. The van der Waals surface area contributed by atoms with Crippen LogP contribution in [0.3, 0.4) is 0 Å². The fourth-order valence-electron chi connectivity index (χ4n) is 2.01. The van der Waals surface area contributed by atoms with E-state index in [0.29, 0.717) is 6.04 Å². The van der Waals surface area contributed by atoms with Gasteiger partial charge in [-0.25, -0.2) is 0 Å². The minimum atomic E-state index is 0.628. The zero-order chi connectivity index (χ0) is 11.1. The summed E-state index contributed by atoms with van der Waals surface area (Å²) in [4.78, 5) is 4.33. The molecular weight excluding hydrogens is 198 g/mol. The molecule has 3 rings (SSSR count). The number of aromatic nitrogens is 1. The third-order valence-corrected chi connectivity index (χ3v) is 3.22. The number of fused-ring (bicyclic) bond motifs is 1. The van der Waals surface area contributed by atoms with Gasteiger partial charge in [0.2, 0.25) is 0 Å². The number of pyridine rings is 1. The van der Waals surface area contributed by atoms with Gasteiger partial charge in [-0.2, -0.15) is 0 Å². The molecule has 0 radical (unpaired) electrons. The van der Waals surface area contributed by atoms with Crippen LogP contribution in [0.5, 0.6) is 0 Å². The van der Waals surface area contributed by atoms with Gasteiger partial charge in [-0.3, -0.25) is 4.98 Å². The summed E-state index contributed by atoms with van der Waals surface area (Å²) in [7, 11) is 0. The van der Waals surface area contributed by atoms with E-state index in [0.717, 1.165) is 22.5 Å². The van der Waals surface area contributed by atoms with Gasteiger partial charge in [0, 0.05) is 29.0 Å². The highest BCUT2D eigenvalue weighted by Crippen LogP contribution is 2.34. The molecule has 0 amide bonds. The van der Waals surface area contributed by atoms with Crippen LogP contribution in [0.2, 0.25) is 0 Å². The van der Waals surface area contributed by atoms with Gasteiger partial charge >= 0.3 is 0 Å². The normalized spacial score (nSPS) is 23.3. The van der Waals surface area contributed by atoms with Crippen molar-refractivity contribution in [2.75, 3.05) is 11.1 Å². The van der Waals surface area contributed by atoms with Crippen LogP contribution in [-0.2, 0) is 0 Å². The highest BCUT2D eigenvalue weighted by atomic mass is 15.0. The van der Waals surface area contributed by atoms with Crippen LogP contribution < -0.4 is 11.1 Å². The summed E-state index contributed by atoms with van der Waals surface area (Å²) >= 11 is 0. The number of nitrogens with zero attached hydrogens (tertiary/aromatic N) is 1. The second-order valence-electron chi connectivity index (χ2n) is 4.60. The Morgan fingerprint density at radius 3 is 2.94 bits per heavy atom. The predicted octanol–water partition coefficient (Wildman–Crippen LogP) is 2.64. The number of anilines is 2. The molecule has 3 nitrogen and oxygen atoms in total. The average molecular weight is 213 g/mol. The Kier molecular flexibility index (Phi) is 1.99. The highest BCUT2D eigenvalue weighted by molar-refractivity contribution is 5.92. The molecule has 1 aliphatic rings. The molecule has 2 atom stereocenters. The van der Waals surface area contributed by atoms with Gasteiger partial charge in [0.25, 0.3) is 0 Å². The summed E-state index contributed by atoms with van der Waals surface area (Å²) in [5.74, 6) is 0.789. The molecule has 0 spiro atoms. The molecule has 3 N–H and O–H groups in total. The minimum Gasteiger partial charge on any atom is -0.399 e. The molecule has 0 bridgehead atoms. The van der Waals surface area contributed by atoms with E-state index < -0.39 is 0 Å². The molecule has 3 heteroatoms. The lowest BCUT2D eigenvalue weighted by atomic mass is 10.1. The monoisotopic (exact) mass is 213 g/mol. The first-order valence-electron chi connectivity index (χ1n) is 5.65. The van der Waals surface area contributed by atoms with E-state index in [-0.39, 0.29) is 0 Å². The number of benzene rings is 1. The first-order valence-corrected chi connectivity index (χ1v) is 5.65. The van der Waals surface area contributed by atoms with E-state index in [2.05, 4.69) is 17.2 Å². The van der Waals surface area contributed by atoms with Gasteiger partial charge in [0.15, 0.2) is 0 Å². The molecular formula is C13H15N3. The van der Waals surface area contributed by atoms with Crippen LogP contribution in [0.25, 0.3) is 10.9 Å². The van der Waals surface area contributed by atoms with Crippen LogP contribution in [0, 0.1) is 5.92 Å². The van der Waals surface area contributed by atoms with E-state index >= 15 is 0 Å². The maximum Gasteiger partial charge on any atom is 0.0743 e. The third-order valence-electron chi connectivity index (χ3n) is 3.22. The first kappa shape index (κ1) is 9.46. The Morgan fingerprint density at radius 2 is 2.19 bits per heavy atom. The predicted molar refractivity (Wildman–Crippen MR) is 67.3 cm³/mol. The lowest BCUT2D eigenvalue weighted by Crippen LogP contribution is -2.04. The summed E-state index contributed by atoms with van der Waals surface area (Å²) in [6, 6.07) is 8.53. The fraction of sp³-hybridized carbons (Fsp3) is 0.308. The Bertz CT molecular complexity index is 536. The summed E-state index contributed by atoms with van der Waals surface area (Å²) in [5.41, 5.74) is 8.63. The smallest absolute Gasteiger partial charge is 0.0743 e. The second kappa shape index (κ2) is 3.37. The Labute approximate surface area is 94.7 Å². The summed E-state index contributed by atoms with van der Waals surface area (Å²) in [6.45, 7) is 2.26. The van der Waals surface area contributed by atoms with Gasteiger partial charge < -0.3 is 11.1 Å². The quantitative estimate of drug-likeness (QED) is 0.754. The third kappa shape index (κ3) is 1.58. The Balaban J connectivity index is 2.03. The second-order valence-corrected chi connectivity index (χ2v) is 4.60. The average Bonchev–Trinajstić information content (AvgIpc) is 2.94. The van der Waals surface area contributed by atoms with Crippen molar-refractivity contribution in [2.45, 2.75) is 19.4 Å². The highest BCUT2D eigenvalue weighted by Gasteiger charge is 2.32. The standard InChI is InChI=1S/C13H15N3/c1-8-6-12(8)16-11-4-5-15-13-7-9(14)2-3-10(11)13/h2-5,7-8,12H,6,14H2,1H3,(H,15,16). The van der Waals surface area contributed by atoms with E-state index in [1.165, 1.54) is 12.1 Å². The lowest BCUT2D eigenvalue weighted by molar-refractivity contribution is 0.930. The summed E-state index contributed by atoms with van der Waals surface area (Å²) in [5, 5.41) is 4.70. The summed E-state index contributed by atoms with van der Waals surface area (Å²) < 4.78 is 0. The van der Waals surface area contributed by atoms with Crippen LogP contribution in [0.4, 0.5) is 11.4 Å². The van der Waals surface area contributed by atoms with Gasteiger partial charge in [-0.05, 0) is 36.6 Å². The van der Waals surface area contributed by atoms with Crippen molar-refractivity contribution in [3.63, 3.8) is 0 Å².